The van der Waals surface area contributed by atoms with Crippen molar-refractivity contribution in [2.24, 2.45) is 0 Å². The first-order valence-corrected chi connectivity index (χ1v) is 8.92. The molecule has 0 aliphatic heterocycles. The van der Waals surface area contributed by atoms with Gasteiger partial charge in [0.15, 0.2) is 0 Å². The van der Waals surface area contributed by atoms with E-state index in [-0.39, 0.29) is 29.1 Å². The van der Waals surface area contributed by atoms with Crippen molar-refractivity contribution >= 4 is 23.1 Å². The molecule has 3 rings (SSSR count). The van der Waals surface area contributed by atoms with Crippen LogP contribution < -0.4 is 15.6 Å². The van der Waals surface area contributed by atoms with Crippen molar-refractivity contribution < 1.29 is 19.4 Å². The van der Waals surface area contributed by atoms with Crippen molar-refractivity contribution in [2.45, 2.75) is 38.2 Å². The molecule has 2 aromatic rings. The minimum Gasteiger partial charge on any atom is -0.469 e. The molecule has 1 aliphatic rings. The monoisotopic (exact) mass is 402 g/mol. The molecule has 0 unspecified atom stereocenters. The summed E-state index contributed by atoms with van der Waals surface area (Å²) in [4.78, 5) is 40.9. The lowest BCUT2D eigenvalue weighted by Gasteiger charge is -2.22. The van der Waals surface area contributed by atoms with Crippen LogP contribution in [0.5, 0.6) is 5.88 Å². The lowest BCUT2D eigenvalue weighted by molar-refractivity contribution is -0.385. The van der Waals surface area contributed by atoms with Crippen molar-refractivity contribution in [2.75, 3.05) is 5.43 Å². The van der Waals surface area contributed by atoms with E-state index in [9.17, 15) is 25.0 Å². The smallest absolute Gasteiger partial charge is 0.374 e. The fourth-order valence-electron chi connectivity index (χ4n) is 2.99. The number of benzene rings is 1. The molecule has 1 aromatic carbocycles. The molecule has 1 aromatic heterocycles. The summed E-state index contributed by atoms with van der Waals surface area (Å²) in [6, 6.07) is 5.06. The molecular formula is C17H18N6O6. The molecule has 1 aliphatic carbocycles. The Balaban J connectivity index is 1.75. The van der Waals surface area contributed by atoms with Crippen LogP contribution in [0.1, 0.15) is 42.5 Å². The van der Waals surface area contributed by atoms with Crippen LogP contribution in [0.25, 0.3) is 0 Å². The Hall–Kier alpha value is -3.83. The third-order valence-electron chi connectivity index (χ3n) is 4.42. The van der Waals surface area contributed by atoms with Crippen molar-refractivity contribution in [1.29, 1.82) is 0 Å². The second-order valence-corrected chi connectivity index (χ2v) is 6.40. The number of non-ortho nitro benzene ring substituents is 1. The quantitative estimate of drug-likeness (QED) is 0.523. The first-order chi connectivity index (χ1) is 14.0. The number of hydrogen-bond donors (Lipinski definition) is 2. The Morgan fingerprint density at radius 1 is 1.10 bits per heavy atom. The molecule has 1 saturated carbocycles. The normalized spacial score (nSPS) is 14.1. The molecule has 1 amide bonds. The summed E-state index contributed by atoms with van der Waals surface area (Å²) in [6.45, 7) is 0. The van der Waals surface area contributed by atoms with Gasteiger partial charge in [-0.15, -0.1) is 0 Å². The van der Waals surface area contributed by atoms with Crippen molar-refractivity contribution in [3.63, 3.8) is 0 Å². The predicted molar refractivity (Wildman–Crippen MR) is 100 cm³/mol. The summed E-state index contributed by atoms with van der Waals surface area (Å²) in [7, 11) is 0. The summed E-state index contributed by atoms with van der Waals surface area (Å²) in [6.07, 6.45) is 5.56. The van der Waals surface area contributed by atoms with Crippen LogP contribution in [0.2, 0.25) is 0 Å². The van der Waals surface area contributed by atoms with E-state index in [1.165, 1.54) is 18.2 Å². The zero-order chi connectivity index (χ0) is 20.8. The Morgan fingerprint density at radius 2 is 1.86 bits per heavy atom. The predicted octanol–water partition coefficient (Wildman–Crippen LogP) is 2.76. The zero-order valence-electron chi connectivity index (χ0n) is 15.2. The number of hydrazine groups is 1. The van der Waals surface area contributed by atoms with Gasteiger partial charge in [-0.2, -0.15) is 4.98 Å². The van der Waals surface area contributed by atoms with Crippen molar-refractivity contribution in [3.05, 3.63) is 56.4 Å². The maximum Gasteiger partial charge on any atom is 0.374 e. The highest BCUT2D eigenvalue weighted by atomic mass is 16.6. The van der Waals surface area contributed by atoms with Crippen LogP contribution in [-0.2, 0) is 0 Å². The van der Waals surface area contributed by atoms with E-state index in [1.807, 2.05) is 0 Å². The van der Waals surface area contributed by atoms with Crippen LogP contribution in [0.3, 0.4) is 0 Å². The highest BCUT2D eigenvalue weighted by Gasteiger charge is 2.28. The maximum atomic E-state index is 12.2. The Kier molecular flexibility index (Phi) is 6.12. The van der Waals surface area contributed by atoms with Crippen LogP contribution >= 0.6 is 0 Å². The van der Waals surface area contributed by atoms with Crippen molar-refractivity contribution in [3.8, 4) is 5.88 Å². The summed E-state index contributed by atoms with van der Waals surface area (Å²) in [5, 5.41) is 22.4. The third-order valence-corrected chi connectivity index (χ3v) is 4.42. The van der Waals surface area contributed by atoms with Gasteiger partial charge in [0, 0.05) is 17.7 Å². The third kappa shape index (κ3) is 4.91. The number of amides is 1. The van der Waals surface area contributed by atoms with Gasteiger partial charge in [-0.05, 0) is 31.7 Å². The molecule has 12 heteroatoms. The summed E-state index contributed by atoms with van der Waals surface area (Å²) >= 11 is 0. The van der Waals surface area contributed by atoms with E-state index in [1.54, 1.807) is 0 Å². The maximum absolute atomic E-state index is 12.2. The Labute approximate surface area is 164 Å². The standard InChI is InChI=1S/C17H18N6O6/c24-16(11-5-4-6-12(9-11)22(25)26)21-20-15-14(23(27)28)17(19-10-18-15)29-13-7-2-1-3-8-13/h4-6,9-10,13H,1-3,7-8H2,(H,21,24)(H,18,19,20). The molecule has 0 radical (unpaired) electrons. The van der Waals surface area contributed by atoms with E-state index >= 15 is 0 Å². The summed E-state index contributed by atoms with van der Waals surface area (Å²) in [5.41, 5.74) is 3.87. The largest absolute Gasteiger partial charge is 0.469 e. The minimum atomic E-state index is -0.726. The van der Waals surface area contributed by atoms with E-state index < -0.39 is 21.4 Å². The molecule has 12 nitrogen and oxygen atoms in total. The van der Waals surface area contributed by atoms with Gasteiger partial charge in [0.05, 0.1) is 9.85 Å². The molecule has 1 fully saturated rings. The van der Waals surface area contributed by atoms with Crippen LogP contribution in [0.15, 0.2) is 30.6 Å². The number of carbonyl (C=O) groups is 1. The summed E-state index contributed by atoms with van der Waals surface area (Å²) < 4.78 is 5.70. The average Bonchev–Trinajstić information content (AvgIpc) is 2.72. The van der Waals surface area contributed by atoms with Gasteiger partial charge in [0.2, 0.25) is 5.82 Å². The summed E-state index contributed by atoms with van der Waals surface area (Å²) in [5.74, 6) is -1.16. The molecule has 0 bridgehead atoms. The molecule has 29 heavy (non-hydrogen) atoms. The number of aromatic nitrogens is 2. The zero-order valence-corrected chi connectivity index (χ0v) is 15.2. The number of nitro benzene ring substituents is 1. The molecular weight excluding hydrogens is 384 g/mol. The highest BCUT2D eigenvalue weighted by Crippen LogP contribution is 2.33. The van der Waals surface area contributed by atoms with Gasteiger partial charge in [-0.1, -0.05) is 12.5 Å². The van der Waals surface area contributed by atoms with E-state index in [2.05, 4.69) is 20.8 Å². The number of rotatable bonds is 7. The van der Waals surface area contributed by atoms with Gasteiger partial charge in [0.1, 0.15) is 12.4 Å². The Bertz CT molecular complexity index is 930. The van der Waals surface area contributed by atoms with Crippen LogP contribution in [0, 0.1) is 20.2 Å². The van der Waals surface area contributed by atoms with Crippen LogP contribution in [0.4, 0.5) is 17.2 Å². The van der Waals surface area contributed by atoms with Gasteiger partial charge in [-0.25, -0.2) is 4.98 Å². The SMILES string of the molecule is O=C(NNc1ncnc(OC2CCCCC2)c1[N+](=O)[O-])c1cccc([N+](=O)[O-])c1. The molecule has 2 N–H and O–H groups in total. The molecule has 0 saturated heterocycles. The average molecular weight is 402 g/mol. The van der Waals surface area contributed by atoms with Gasteiger partial charge in [-0.3, -0.25) is 35.9 Å². The van der Waals surface area contributed by atoms with E-state index in [4.69, 9.17) is 4.74 Å². The number of ether oxygens (including phenoxy) is 1. The van der Waals surface area contributed by atoms with E-state index in [0.717, 1.165) is 44.5 Å². The Morgan fingerprint density at radius 3 is 2.55 bits per heavy atom. The van der Waals surface area contributed by atoms with Crippen molar-refractivity contribution in [1.82, 2.24) is 15.4 Å². The number of carbonyl (C=O) groups excluding carboxylic acids is 1. The van der Waals surface area contributed by atoms with Gasteiger partial charge < -0.3 is 4.74 Å². The topological polar surface area (TPSA) is 162 Å². The first kappa shape index (κ1) is 19.9. The second-order valence-electron chi connectivity index (χ2n) is 6.40. The number of nitrogens with one attached hydrogen (secondary N) is 2. The fraction of sp³-hybridized carbons (Fsp3) is 0.353. The lowest BCUT2D eigenvalue weighted by atomic mass is 9.98. The van der Waals surface area contributed by atoms with E-state index in [0.29, 0.717) is 0 Å². The highest BCUT2D eigenvalue weighted by molar-refractivity contribution is 5.95. The molecule has 0 atom stereocenters. The number of anilines is 1. The molecule has 1 heterocycles. The van der Waals surface area contributed by atoms with Gasteiger partial charge >= 0.3 is 5.69 Å². The molecule has 152 valence electrons. The number of nitro groups is 2. The van der Waals surface area contributed by atoms with Gasteiger partial charge in [0.25, 0.3) is 17.5 Å². The first-order valence-electron chi connectivity index (χ1n) is 8.92. The number of hydrogen-bond acceptors (Lipinski definition) is 9. The van der Waals surface area contributed by atoms with Crippen LogP contribution in [-0.4, -0.2) is 31.8 Å². The lowest BCUT2D eigenvalue weighted by Crippen LogP contribution is -2.30. The minimum absolute atomic E-state index is 0.00193. The number of nitrogens with zero attached hydrogens (tertiary/aromatic N) is 4. The fourth-order valence-corrected chi connectivity index (χ4v) is 2.99. The second kappa shape index (κ2) is 8.91. The molecule has 0 spiro atoms.